The SMILES string of the molecule is COc1ccc2c(=O)c3c(oc2c1)C(=O)N(CCCN1CCOCC1)[C@H]3c1cccc(OC(C)C)c1. The van der Waals surface area contributed by atoms with Gasteiger partial charge in [0, 0.05) is 32.2 Å². The topological polar surface area (TPSA) is 81.5 Å². The molecule has 0 aliphatic carbocycles. The fourth-order valence-corrected chi connectivity index (χ4v) is 5.02. The van der Waals surface area contributed by atoms with Crippen LogP contribution in [-0.2, 0) is 4.74 Å². The molecule has 0 saturated carbocycles. The first kappa shape index (κ1) is 24.3. The molecule has 0 spiro atoms. The zero-order valence-corrected chi connectivity index (χ0v) is 21.0. The molecule has 2 aliphatic heterocycles. The Hall–Kier alpha value is -3.36. The summed E-state index contributed by atoms with van der Waals surface area (Å²) in [6.07, 6.45) is 0.784. The van der Waals surface area contributed by atoms with Crippen molar-refractivity contribution in [1.82, 2.24) is 9.80 Å². The van der Waals surface area contributed by atoms with E-state index in [1.807, 2.05) is 38.1 Å². The lowest BCUT2D eigenvalue weighted by atomic mass is 9.98. The highest BCUT2D eigenvalue weighted by atomic mass is 16.5. The van der Waals surface area contributed by atoms with Gasteiger partial charge in [0.1, 0.15) is 17.1 Å². The lowest BCUT2D eigenvalue weighted by Crippen LogP contribution is -2.38. The van der Waals surface area contributed by atoms with E-state index in [1.165, 1.54) is 0 Å². The second kappa shape index (κ2) is 10.3. The maximum absolute atomic E-state index is 13.7. The number of morpholine rings is 1. The third kappa shape index (κ3) is 4.70. The minimum Gasteiger partial charge on any atom is -0.497 e. The van der Waals surface area contributed by atoms with Crippen LogP contribution in [0.15, 0.2) is 51.7 Å². The van der Waals surface area contributed by atoms with Crippen LogP contribution in [0.4, 0.5) is 0 Å². The van der Waals surface area contributed by atoms with E-state index in [-0.39, 0.29) is 23.2 Å². The second-order valence-electron chi connectivity index (χ2n) is 9.48. The van der Waals surface area contributed by atoms with Gasteiger partial charge < -0.3 is 23.5 Å². The third-order valence-corrected chi connectivity index (χ3v) is 6.70. The van der Waals surface area contributed by atoms with Gasteiger partial charge in [-0.2, -0.15) is 0 Å². The van der Waals surface area contributed by atoms with E-state index in [1.54, 1.807) is 30.2 Å². The van der Waals surface area contributed by atoms with Crippen LogP contribution in [0, 0.1) is 0 Å². The van der Waals surface area contributed by atoms with Crippen LogP contribution in [0.1, 0.15) is 48.0 Å². The molecule has 0 unspecified atom stereocenters. The average Bonchev–Trinajstić information content (AvgIpc) is 3.16. The summed E-state index contributed by atoms with van der Waals surface area (Å²) >= 11 is 0. The standard InChI is InChI=1S/C28H32N2O6/c1-18(2)35-21-7-4-6-19(16-21)25-24-26(31)22-9-8-20(33-3)17-23(22)36-27(24)28(32)30(25)11-5-10-29-12-14-34-15-13-29/h4,6-9,16-18,25H,5,10-15H2,1-3H3/t25-/m0/s1. The van der Waals surface area contributed by atoms with E-state index in [4.69, 9.17) is 18.6 Å². The normalized spacial score (nSPS) is 18.2. The molecule has 190 valence electrons. The maximum Gasteiger partial charge on any atom is 0.290 e. The van der Waals surface area contributed by atoms with Gasteiger partial charge in [0.05, 0.1) is 43.4 Å². The minimum atomic E-state index is -0.546. The predicted molar refractivity (Wildman–Crippen MR) is 136 cm³/mol. The van der Waals surface area contributed by atoms with E-state index < -0.39 is 6.04 Å². The van der Waals surface area contributed by atoms with Crippen LogP contribution < -0.4 is 14.9 Å². The summed E-state index contributed by atoms with van der Waals surface area (Å²) in [7, 11) is 1.55. The molecule has 2 aliphatic rings. The van der Waals surface area contributed by atoms with Crippen molar-refractivity contribution in [2.24, 2.45) is 0 Å². The van der Waals surface area contributed by atoms with Crippen LogP contribution in [-0.4, -0.2) is 68.3 Å². The molecular formula is C28H32N2O6. The van der Waals surface area contributed by atoms with Gasteiger partial charge in [-0.1, -0.05) is 12.1 Å². The fraction of sp³-hybridized carbons (Fsp3) is 0.429. The van der Waals surface area contributed by atoms with Gasteiger partial charge in [0.25, 0.3) is 5.91 Å². The number of carbonyl (C=O) groups excluding carboxylic acids is 1. The van der Waals surface area contributed by atoms with Gasteiger partial charge in [-0.25, -0.2) is 0 Å². The van der Waals surface area contributed by atoms with Gasteiger partial charge in [0.15, 0.2) is 5.43 Å². The Bertz CT molecular complexity index is 1310. The molecule has 1 aromatic heterocycles. The van der Waals surface area contributed by atoms with Crippen molar-refractivity contribution in [2.45, 2.75) is 32.4 Å². The molecular weight excluding hydrogens is 460 g/mol. The van der Waals surface area contributed by atoms with Crippen LogP contribution >= 0.6 is 0 Å². The van der Waals surface area contributed by atoms with Gasteiger partial charge in [-0.3, -0.25) is 14.5 Å². The van der Waals surface area contributed by atoms with E-state index >= 15 is 0 Å². The highest BCUT2D eigenvalue weighted by molar-refractivity contribution is 5.99. The lowest BCUT2D eigenvalue weighted by Gasteiger charge is -2.29. The first-order valence-electron chi connectivity index (χ1n) is 12.5. The maximum atomic E-state index is 13.7. The van der Waals surface area contributed by atoms with Crippen molar-refractivity contribution >= 4 is 16.9 Å². The Morgan fingerprint density at radius 3 is 2.58 bits per heavy atom. The molecule has 0 N–H and O–H groups in total. The van der Waals surface area contributed by atoms with Crippen molar-refractivity contribution in [1.29, 1.82) is 0 Å². The summed E-state index contributed by atoms with van der Waals surface area (Å²) in [6, 6.07) is 12.2. The quantitative estimate of drug-likeness (QED) is 0.472. The highest BCUT2D eigenvalue weighted by Gasteiger charge is 2.42. The van der Waals surface area contributed by atoms with Gasteiger partial charge in [0.2, 0.25) is 5.76 Å². The molecule has 1 atom stereocenters. The lowest BCUT2D eigenvalue weighted by molar-refractivity contribution is 0.0353. The summed E-state index contributed by atoms with van der Waals surface area (Å²) in [5.74, 6) is 1.10. The van der Waals surface area contributed by atoms with Crippen LogP contribution in [0.3, 0.4) is 0 Å². The molecule has 3 heterocycles. The first-order chi connectivity index (χ1) is 17.5. The van der Waals surface area contributed by atoms with E-state index in [0.29, 0.717) is 34.6 Å². The second-order valence-corrected chi connectivity index (χ2v) is 9.48. The number of amides is 1. The number of nitrogens with zero attached hydrogens (tertiary/aromatic N) is 2. The zero-order chi connectivity index (χ0) is 25.2. The molecule has 1 fully saturated rings. The largest absolute Gasteiger partial charge is 0.497 e. The fourth-order valence-electron chi connectivity index (χ4n) is 5.02. The molecule has 3 aromatic rings. The number of methoxy groups -OCH3 is 1. The van der Waals surface area contributed by atoms with Crippen molar-refractivity contribution in [3.05, 3.63) is 69.6 Å². The summed E-state index contributed by atoms with van der Waals surface area (Å²) in [5, 5.41) is 0.428. The molecule has 5 rings (SSSR count). The van der Waals surface area contributed by atoms with Crippen molar-refractivity contribution < 1.29 is 23.4 Å². The van der Waals surface area contributed by atoms with Crippen molar-refractivity contribution in [3.63, 3.8) is 0 Å². The first-order valence-corrected chi connectivity index (χ1v) is 12.5. The number of hydrogen-bond acceptors (Lipinski definition) is 7. The molecule has 1 amide bonds. The third-order valence-electron chi connectivity index (χ3n) is 6.70. The van der Waals surface area contributed by atoms with Crippen LogP contribution in [0.5, 0.6) is 11.5 Å². The highest BCUT2D eigenvalue weighted by Crippen LogP contribution is 2.39. The van der Waals surface area contributed by atoms with Gasteiger partial charge >= 0.3 is 0 Å². The van der Waals surface area contributed by atoms with Crippen molar-refractivity contribution in [3.8, 4) is 11.5 Å². The summed E-state index contributed by atoms with van der Waals surface area (Å²) in [4.78, 5) is 31.5. The Morgan fingerprint density at radius 2 is 1.83 bits per heavy atom. The minimum absolute atomic E-state index is 0.00589. The Balaban J connectivity index is 1.54. The molecule has 8 nitrogen and oxygen atoms in total. The molecule has 0 radical (unpaired) electrons. The average molecular weight is 493 g/mol. The number of carbonyl (C=O) groups is 1. The molecule has 8 heteroatoms. The van der Waals surface area contributed by atoms with E-state index in [0.717, 1.165) is 44.8 Å². The number of hydrogen-bond donors (Lipinski definition) is 0. The zero-order valence-electron chi connectivity index (χ0n) is 21.0. The molecule has 36 heavy (non-hydrogen) atoms. The predicted octanol–water partition coefficient (Wildman–Crippen LogP) is 3.86. The van der Waals surface area contributed by atoms with Crippen LogP contribution in [0.2, 0.25) is 0 Å². The van der Waals surface area contributed by atoms with Crippen molar-refractivity contribution in [2.75, 3.05) is 46.5 Å². The number of benzene rings is 2. The van der Waals surface area contributed by atoms with E-state index in [9.17, 15) is 9.59 Å². The van der Waals surface area contributed by atoms with Gasteiger partial charge in [-0.05, 0) is 50.1 Å². The number of ether oxygens (including phenoxy) is 3. The Morgan fingerprint density at radius 1 is 1.03 bits per heavy atom. The summed E-state index contributed by atoms with van der Waals surface area (Å²) < 4.78 is 22.7. The molecule has 0 bridgehead atoms. The van der Waals surface area contributed by atoms with E-state index in [2.05, 4.69) is 4.90 Å². The number of rotatable bonds is 8. The molecule has 1 saturated heterocycles. The summed E-state index contributed by atoms with van der Waals surface area (Å²) in [6.45, 7) is 8.52. The Kier molecular flexibility index (Phi) is 6.98. The number of fused-ring (bicyclic) bond motifs is 2. The Labute approximate surface area is 210 Å². The van der Waals surface area contributed by atoms with Gasteiger partial charge in [-0.15, -0.1) is 0 Å². The monoisotopic (exact) mass is 492 g/mol. The smallest absolute Gasteiger partial charge is 0.290 e. The molecule has 2 aromatic carbocycles. The van der Waals surface area contributed by atoms with Crippen LogP contribution in [0.25, 0.3) is 11.0 Å². The summed E-state index contributed by atoms with van der Waals surface area (Å²) in [5.41, 5.74) is 1.35.